The second-order valence-electron chi connectivity index (χ2n) is 8.33. The molecule has 33 heavy (non-hydrogen) atoms. The highest BCUT2D eigenvalue weighted by atomic mass is 16.4. The van der Waals surface area contributed by atoms with Gasteiger partial charge < -0.3 is 10.4 Å². The van der Waals surface area contributed by atoms with Crippen LogP contribution in [0.3, 0.4) is 0 Å². The molecule has 1 aliphatic carbocycles. The van der Waals surface area contributed by atoms with Crippen molar-refractivity contribution in [2.75, 3.05) is 5.32 Å². The molecule has 164 valence electrons. The summed E-state index contributed by atoms with van der Waals surface area (Å²) in [4.78, 5) is 20.8. The van der Waals surface area contributed by atoms with E-state index in [1.54, 1.807) is 30.7 Å². The van der Waals surface area contributed by atoms with Crippen LogP contribution in [0.4, 0.5) is 5.82 Å². The Balaban J connectivity index is 1.69. The number of anilines is 1. The van der Waals surface area contributed by atoms with Crippen molar-refractivity contribution in [2.24, 2.45) is 5.92 Å². The summed E-state index contributed by atoms with van der Waals surface area (Å²) in [6.07, 6.45) is 12.4. The van der Waals surface area contributed by atoms with Crippen LogP contribution < -0.4 is 5.32 Å². The minimum Gasteiger partial charge on any atom is -0.481 e. The van der Waals surface area contributed by atoms with Crippen molar-refractivity contribution in [1.29, 1.82) is 0 Å². The van der Waals surface area contributed by atoms with Crippen LogP contribution in [0.2, 0.25) is 0 Å². The SMILES string of the molecule is Cc1ccccc1-n1ncc(-c2ccc3nccnc3c2)c1NC1(C)C=CC=CC1C(=O)O. The molecule has 7 nitrogen and oxygen atoms in total. The van der Waals surface area contributed by atoms with E-state index in [1.165, 1.54) is 0 Å². The molecule has 2 unspecified atom stereocenters. The van der Waals surface area contributed by atoms with Crippen LogP contribution >= 0.6 is 0 Å². The van der Waals surface area contributed by atoms with Gasteiger partial charge in [-0.3, -0.25) is 14.8 Å². The van der Waals surface area contributed by atoms with Crippen LogP contribution in [0.5, 0.6) is 0 Å². The largest absolute Gasteiger partial charge is 0.481 e. The Hall–Kier alpha value is -4.26. The van der Waals surface area contributed by atoms with E-state index < -0.39 is 17.4 Å². The molecular formula is C26H23N5O2. The minimum atomic E-state index is -0.893. The van der Waals surface area contributed by atoms with Gasteiger partial charge in [0.05, 0.1) is 28.5 Å². The first kappa shape index (κ1) is 20.6. The lowest BCUT2D eigenvalue weighted by Gasteiger charge is -2.35. The van der Waals surface area contributed by atoms with Gasteiger partial charge >= 0.3 is 5.97 Å². The molecule has 0 saturated carbocycles. The summed E-state index contributed by atoms with van der Waals surface area (Å²) >= 11 is 0. The number of carbonyl (C=O) groups is 1. The van der Waals surface area contributed by atoms with Crippen molar-refractivity contribution < 1.29 is 9.90 Å². The molecule has 2 aromatic heterocycles. The standard InChI is InChI=1S/C26H23N5O2/c1-17-7-3-4-9-23(17)31-24(30-26(2)12-6-5-8-20(26)25(32)33)19(16-29-31)18-10-11-21-22(15-18)28-14-13-27-21/h3-16,20,30H,1-2H3,(H,32,33). The Morgan fingerprint density at radius 3 is 2.67 bits per heavy atom. The van der Waals surface area contributed by atoms with Crippen LogP contribution in [0.15, 0.2) is 85.4 Å². The summed E-state index contributed by atoms with van der Waals surface area (Å²) in [7, 11) is 0. The highest BCUT2D eigenvalue weighted by molar-refractivity contribution is 5.86. The van der Waals surface area contributed by atoms with Crippen molar-refractivity contribution >= 4 is 22.8 Å². The molecule has 2 heterocycles. The quantitative estimate of drug-likeness (QED) is 0.466. The number of hydrogen-bond acceptors (Lipinski definition) is 5. The van der Waals surface area contributed by atoms with E-state index >= 15 is 0 Å². The van der Waals surface area contributed by atoms with Gasteiger partial charge in [-0.25, -0.2) is 4.68 Å². The summed E-state index contributed by atoms with van der Waals surface area (Å²) in [5.74, 6) is -0.922. The normalized spacial score (nSPS) is 19.6. The molecule has 2 atom stereocenters. The third-order valence-electron chi connectivity index (χ3n) is 6.05. The van der Waals surface area contributed by atoms with Crippen molar-refractivity contribution in [3.63, 3.8) is 0 Å². The van der Waals surface area contributed by atoms with Gasteiger partial charge in [-0.05, 0) is 43.2 Å². The van der Waals surface area contributed by atoms with Gasteiger partial charge in [0.15, 0.2) is 0 Å². The molecule has 0 amide bonds. The van der Waals surface area contributed by atoms with E-state index in [0.29, 0.717) is 5.82 Å². The Kier molecular flexibility index (Phi) is 5.01. The van der Waals surface area contributed by atoms with Crippen molar-refractivity contribution in [3.05, 3.63) is 90.9 Å². The summed E-state index contributed by atoms with van der Waals surface area (Å²) in [6.45, 7) is 3.91. The van der Waals surface area contributed by atoms with E-state index in [1.807, 2.05) is 73.1 Å². The second-order valence-corrected chi connectivity index (χ2v) is 8.33. The molecule has 0 spiro atoms. The van der Waals surface area contributed by atoms with Gasteiger partial charge in [-0.1, -0.05) is 48.6 Å². The molecule has 2 N–H and O–H groups in total. The fourth-order valence-electron chi connectivity index (χ4n) is 4.24. The molecule has 4 aromatic rings. The first-order valence-corrected chi connectivity index (χ1v) is 10.7. The monoisotopic (exact) mass is 437 g/mol. The lowest BCUT2D eigenvalue weighted by atomic mass is 9.82. The third-order valence-corrected chi connectivity index (χ3v) is 6.05. The molecule has 0 radical (unpaired) electrons. The molecular weight excluding hydrogens is 414 g/mol. The molecule has 0 bridgehead atoms. The van der Waals surface area contributed by atoms with Crippen LogP contribution in [0.1, 0.15) is 12.5 Å². The van der Waals surface area contributed by atoms with E-state index in [9.17, 15) is 9.90 Å². The average molecular weight is 438 g/mol. The number of rotatable bonds is 5. The van der Waals surface area contributed by atoms with Gasteiger partial charge in [0.2, 0.25) is 0 Å². The zero-order valence-corrected chi connectivity index (χ0v) is 18.3. The van der Waals surface area contributed by atoms with Crippen molar-refractivity contribution in [1.82, 2.24) is 19.7 Å². The van der Waals surface area contributed by atoms with Gasteiger partial charge in [0, 0.05) is 18.0 Å². The van der Waals surface area contributed by atoms with Gasteiger partial charge in [0.1, 0.15) is 11.7 Å². The molecule has 5 rings (SSSR count). The molecule has 0 aliphatic heterocycles. The molecule has 2 aromatic carbocycles. The third kappa shape index (κ3) is 3.67. The number of hydrogen-bond donors (Lipinski definition) is 2. The molecule has 7 heteroatoms. The van der Waals surface area contributed by atoms with E-state index in [4.69, 9.17) is 5.10 Å². The Morgan fingerprint density at radius 2 is 1.88 bits per heavy atom. The Labute approximate surface area is 191 Å². The van der Waals surface area contributed by atoms with Crippen LogP contribution in [-0.4, -0.2) is 36.4 Å². The van der Waals surface area contributed by atoms with Crippen molar-refractivity contribution in [3.8, 4) is 16.8 Å². The van der Waals surface area contributed by atoms with Crippen LogP contribution in [0.25, 0.3) is 27.8 Å². The van der Waals surface area contributed by atoms with E-state index in [-0.39, 0.29) is 0 Å². The first-order chi connectivity index (χ1) is 16.0. The predicted octanol–water partition coefficient (Wildman–Crippen LogP) is 4.79. The summed E-state index contributed by atoms with van der Waals surface area (Å²) in [5, 5.41) is 18.1. The van der Waals surface area contributed by atoms with Gasteiger partial charge in [-0.15, -0.1) is 0 Å². The number of benzene rings is 2. The summed E-state index contributed by atoms with van der Waals surface area (Å²) in [5.41, 5.74) is 4.46. The molecule has 0 fully saturated rings. The maximum absolute atomic E-state index is 12.0. The first-order valence-electron chi connectivity index (χ1n) is 10.7. The Morgan fingerprint density at radius 1 is 1.09 bits per heavy atom. The number of fused-ring (bicyclic) bond motifs is 1. The fraction of sp³-hybridized carbons (Fsp3) is 0.154. The maximum Gasteiger partial charge on any atom is 0.313 e. The number of carboxylic acid groups (broad SMARTS) is 1. The predicted molar refractivity (Wildman–Crippen MR) is 128 cm³/mol. The molecule has 0 saturated heterocycles. The number of nitrogens with one attached hydrogen (secondary N) is 1. The lowest BCUT2D eigenvalue weighted by Crippen LogP contribution is -2.45. The van der Waals surface area contributed by atoms with Gasteiger partial charge in [0.25, 0.3) is 0 Å². The number of para-hydroxylation sites is 1. The van der Waals surface area contributed by atoms with Crippen LogP contribution in [-0.2, 0) is 4.79 Å². The zero-order chi connectivity index (χ0) is 23.0. The fourth-order valence-corrected chi connectivity index (χ4v) is 4.24. The van der Waals surface area contributed by atoms with Gasteiger partial charge in [-0.2, -0.15) is 5.10 Å². The minimum absolute atomic E-state index is 0.709. The summed E-state index contributed by atoms with van der Waals surface area (Å²) in [6, 6.07) is 13.8. The zero-order valence-electron chi connectivity index (χ0n) is 18.3. The number of allylic oxidation sites excluding steroid dienone is 2. The highest BCUT2D eigenvalue weighted by Crippen LogP contribution is 2.37. The number of nitrogens with zero attached hydrogens (tertiary/aromatic N) is 4. The molecule has 1 aliphatic rings. The Bertz CT molecular complexity index is 1420. The number of aryl methyl sites for hydroxylation is 1. The highest BCUT2D eigenvalue weighted by Gasteiger charge is 2.38. The number of carboxylic acids is 1. The maximum atomic E-state index is 12.0. The lowest BCUT2D eigenvalue weighted by molar-refractivity contribution is -0.141. The van der Waals surface area contributed by atoms with E-state index in [2.05, 4.69) is 15.3 Å². The second kappa shape index (κ2) is 8.02. The van der Waals surface area contributed by atoms with Crippen LogP contribution in [0, 0.1) is 12.8 Å². The summed E-state index contributed by atoms with van der Waals surface area (Å²) < 4.78 is 1.84. The van der Waals surface area contributed by atoms with Crippen molar-refractivity contribution in [2.45, 2.75) is 19.4 Å². The topological polar surface area (TPSA) is 92.9 Å². The van der Waals surface area contributed by atoms with E-state index in [0.717, 1.165) is 33.4 Å². The number of aromatic nitrogens is 4. The smallest absolute Gasteiger partial charge is 0.313 e. The number of aliphatic carboxylic acids is 1. The average Bonchev–Trinajstić information content (AvgIpc) is 3.21.